The van der Waals surface area contributed by atoms with Crippen molar-refractivity contribution >= 4 is 22.1 Å². The number of benzene rings is 2. The van der Waals surface area contributed by atoms with Crippen molar-refractivity contribution in [2.75, 3.05) is 0 Å². The van der Waals surface area contributed by atoms with Gasteiger partial charge < -0.3 is 0 Å². The van der Waals surface area contributed by atoms with Gasteiger partial charge in [-0.1, -0.05) is 74.5 Å². The van der Waals surface area contributed by atoms with E-state index in [0.717, 1.165) is 68.7 Å². The van der Waals surface area contributed by atoms with Crippen LogP contribution >= 0.6 is 0 Å². The molecule has 36 heavy (non-hydrogen) atoms. The molecule has 2 aromatic carbocycles. The number of aryl methyl sites for hydroxylation is 2. The van der Waals surface area contributed by atoms with E-state index < -0.39 is 0 Å². The topological polar surface area (TPSA) is 51.6 Å². The summed E-state index contributed by atoms with van der Waals surface area (Å²) in [7, 11) is 0. The number of pyridine rings is 4. The van der Waals surface area contributed by atoms with Crippen LogP contribution in [0.3, 0.4) is 0 Å². The second-order valence-electron chi connectivity index (χ2n) is 8.95. The van der Waals surface area contributed by atoms with Crippen molar-refractivity contribution < 1.29 is 0 Å². The highest BCUT2D eigenvalue weighted by atomic mass is 14.9. The molecule has 0 fully saturated rings. The van der Waals surface area contributed by atoms with Crippen molar-refractivity contribution in [2.45, 2.75) is 26.7 Å². The zero-order valence-electron chi connectivity index (χ0n) is 20.4. The number of rotatable bonds is 5. The first-order chi connectivity index (χ1) is 17.7. The van der Waals surface area contributed by atoms with Gasteiger partial charge in [0.15, 0.2) is 11.3 Å². The van der Waals surface area contributed by atoms with Crippen molar-refractivity contribution in [3.63, 3.8) is 0 Å². The predicted molar refractivity (Wildman–Crippen MR) is 148 cm³/mol. The predicted octanol–water partition coefficient (Wildman–Crippen LogP) is 7.70. The SMILES string of the molecule is CCc1cc2cc(-c3ccc4cc(CC)c(-c5ccccc5)nc4n3)cnc2nc1-c1ccccc1. The van der Waals surface area contributed by atoms with E-state index in [4.69, 9.17) is 19.9 Å². The van der Waals surface area contributed by atoms with Gasteiger partial charge in [-0.2, -0.15) is 0 Å². The van der Waals surface area contributed by atoms with E-state index in [1.165, 1.54) is 11.1 Å². The van der Waals surface area contributed by atoms with Gasteiger partial charge >= 0.3 is 0 Å². The van der Waals surface area contributed by atoms with E-state index in [1.807, 2.05) is 42.6 Å². The average molecular weight is 467 g/mol. The number of hydrogen-bond donors (Lipinski definition) is 0. The first-order valence-electron chi connectivity index (χ1n) is 12.4. The second-order valence-corrected chi connectivity index (χ2v) is 8.95. The lowest BCUT2D eigenvalue weighted by Crippen LogP contribution is -1.97. The summed E-state index contributed by atoms with van der Waals surface area (Å²) >= 11 is 0. The zero-order valence-corrected chi connectivity index (χ0v) is 20.4. The minimum absolute atomic E-state index is 0.743. The van der Waals surface area contributed by atoms with Crippen LogP contribution in [0.2, 0.25) is 0 Å². The van der Waals surface area contributed by atoms with Crippen LogP contribution in [0, 0.1) is 0 Å². The molecule has 0 radical (unpaired) electrons. The highest BCUT2D eigenvalue weighted by Crippen LogP contribution is 2.30. The van der Waals surface area contributed by atoms with Gasteiger partial charge in [0.1, 0.15) is 0 Å². The summed E-state index contributed by atoms with van der Waals surface area (Å²) in [5.74, 6) is 0. The maximum atomic E-state index is 4.99. The van der Waals surface area contributed by atoms with Gasteiger partial charge in [-0.05, 0) is 54.3 Å². The van der Waals surface area contributed by atoms with Gasteiger partial charge in [0.25, 0.3) is 0 Å². The molecular weight excluding hydrogens is 440 g/mol. The maximum Gasteiger partial charge on any atom is 0.160 e. The Labute approximate surface area is 210 Å². The molecule has 0 spiro atoms. The van der Waals surface area contributed by atoms with Crippen LogP contribution in [0.5, 0.6) is 0 Å². The van der Waals surface area contributed by atoms with Gasteiger partial charge in [-0.25, -0.2) is 19.9 Å². The number of hydrogen-bond acceptors (Lipinski definition) is 4. The molecule has 0 aliphatic rings. The third kappa shape index (κ3) is 4.01. The van der Waals surface area contributed by atoms with Gasteiger partial charge in [0.05, 0.1) is 17.1 Å². The number of fused-ring (bicyclic) bond motifs is 2. The smallest absolute Gasteiger partial charge is 0.160 e. The molecule has 0 unspecified atom stereocenters. The van der Waals surface area contributed by atoms with Crippen molar-refractivity contribution in [3.8, 4) is 33.8 Å². The van der Waals surface area contributed by atoms with Crippen LogP contribution in [0.1, 0.15) is 25.0 Å². The van der Waals surface area contributed by atoms with E-state index in [0.29, 0.717) is 0 Å². The Hall–Kier alpha value is -4.44. The lowest BCUT2D eigenvalue weighted by atomic mass is 10.0. The van der Waals surface area contributed by atoms with Crippen LogP contribution in [0.15, 0.2) is 97.2 Å². The van der Waals surface area contributed by atoms with E-state index in [2.05, 4.69) is 68.4 Å². The largest absolute Gasteiger partial charge is 0.236 e. The second kappa shape index (κ2) is 9.31. The zero-order chi connectivity index (χ0) is 24.5. The van der Waals surface area contributed by atoms with Gasteiger partial charge in [0.2, 0.25) is 0 Å². The van der Waals surface area contributed by atoms with Crippen LogP contribution in [-0.4, -0.2) is 19.9 Å². The van der Waals surface area contributed by atoms with Gasteiger partial charge in [0, 0.05) is 33.7 Å². The molecular formula is C32H26N4. The monoisotopic (exact) mass is 466 g/mol. The Bertz CT molecular complexity index is 1690. The third-order valence-electron chi connectivity index (χ3n) is 6.66. The Morgan fingerprint density at radius 3 is 1.72 bits per heavy atom. The molecule has 0 amide bonds. The van der Waals surface area contributed by atoms with Crippen molar-refractivity contribution in [1.29, 1.82) is 0 Å². The summed E-state index contributed by atoms with van der Waals surface area (Å²) in [6, 6.07) is 31.4. The molecule has 0 atom stereocenters. The quantitative estimate of drug-likeness (QED) is 0.261. The fourth-order valence-electron chi connectivity index (χ4n) is 4.73. The molecule has 4 nitrogen and oxygen atoms in total. The van der Waals surface area contributed by atoms with Crippen molar-refractivity contribution in [3.05, 3.63) is 108 Å². The van der Waals surface area contributed by atoms with E-state index in [-0.39, 0.29) is 0 Å². The minimum atomic E-state index is 0.743. The van der Waals surface area contributed by atoms with Crippen LogP contribution in [-0.2, 0) is 12.8 Å². The fourth-order valence-corrected chi connectivity index (χ4v) is 4.73. The van der Waals surface area contributed by atoms with E-state index in [1.54, 1.807) is 0 Å². The van der Waals surface area contributed by atoms with E-state index in [9.17, 15) is 0 Å². The minimum Gasteiger partial charge on any atom is -0.236 e. The first kappa shape index (κ1) is 22.1. The molecule has 0 saturated carbocycles. The Morgan fingerprint density at radius 1 is 0.528 bits per heavy atom. The molecule has 6 rings (SSSR count). The molecule has 4 aromatic heterocycles. The highest BCUT2D eigenvalue weighted by molar-refractivity contribution is 5.86. The Balaban J connectivity index is 1.45. The summed E-state index contributed by atoms with van der Waals surface area (Å²) in [5, 5.41) is 2.07. The highest BCUT2D eigenvalue weighted by Gasteiger charge is 2.13. The molecule has 4 heterocycles. The van der Waals surface area contributed by atoms with Crippen molar-refractivity contribution in [1.82, 2.24) is 19.9 Å². The summed E-state index contributed by atoms with van der Waals surface area (Å²) in [4.78, 5) is 19.6. The summed E-state index contributed by atoms with van der Waals surface area (Å²) in [5.41, 5.74) is 9.97. The summed E-state index contributed by atoms with van der Waals surface area (Å²) in [6.07, 6.45) is 3.68. The summed E-state index contributed by atoms with van der Waals surface area (Å²) < 4.78 is 0. The molecule has 0 bridgehead atoms. The average Bonchev–Trinajstić information content (AvgIpc) is 2.96. The van der Waals surface area contributed by atoms with Crippen LogP contribution < -0.4 is 0 Å². The summed E-state index contributed by atoms with van der Waals surface area (Å²) in [6.45, 7) is 4.33. The standard InChI is InChI=1S/C32H26N4/c1-3-21-17-25-15-16-28(34-32(25)36-30(21)24-13-9-6-10-14-24)27-19-26-18-22(4-2)29(35-31(26)33-20-27)23-11-7-5-8-12-23/h5-20H,3-4H2,1-2H3. The molecule has 0 N–H and O–H groups in total. The lowest BCUT2D eigenvalue weighted by Gasteiger charge is -2.11. The Kier molecular flexibility index (Phi) is 5.70. The van der Waals surface area contributed by atoms with Gasteiger partial charge in [-0.3, -0.25) is 0 Å². The van der Waals surface area contributed by atoms with Crippen LogP contribution in [0.25, 0.3) is 55.8 Å². The van der Waals surface area contributed by atoms with Crippen LogP contribution in [0.4, 0.5) is 0 Å². The number of nitrogens with zero attached hydrogens (tertiary/aromatic N) is 4. The molecule has 6 aromatic rings. The number of aromatic nitrogens is 4. The lowest BCUT2D eigenvalue weighted by molar-refractivity contribution is 1.11. The Morgan fingerprint density at radius 2 is 1.11 bits per heavy atom. The maximum absolute atomic E-state index is 4.99. The molecule has 0 aliphatic heterocycles. The third-order valence-corrected chi connectivity index (χ3v) is 6.66. The van der Waals surface area contributed by atoms with Gasteiger partial charge in [-0.15, -0.1) is 0 Å². The molecule has 0 aliphatic carbocycles. The molecule has 0 saturated heterocycles. The molecule has 174 valence electrons. The molecule has 4 heteroatoms. The van der Waals surface area contributed by atoms with Crippen molar-refractivity contribution in [2.24, 2.45) is 0 Å². The first-order valence-corrected chi connectivity index (χ1v) is 12.4. The fraction of sp³-hybridized carbons (Fsp3) is 0.125. The van der Waals surface area contributed by atoms with E-state index >= 15 is 0 Å². The normalized spacial score (nSPS) is 11.3.